The molecule has 0 nitrogen and oxygen atoms in total. The van der Waals surface area contributed by atoms with Crippen LogP contribution < -0.4 is 0 Å². The minimum absolute atomic E-state index is 0.336. The van der Waals surface area contributed by atoms with E-state index in [1.165, 1.54) is 11.1 Å². The lowest BCUT2D eigenvalue weighted by molar-refractivity contribution is 0.260. The molecule has 0 radical (unpaired) electrons. The smallest absolute Gasteiger partial charge is 0.0116 e. The van der Waals surface area contributed by atoms with Crippen LogP contribution in [0.3, 0.4) is 0 Å². The average molecular weight is 226 g/mol. The van der Waals surface area contributed by atoms with Gasteiger partial charge in [0.05, 0.1) is 0 Å². The molecule has 1 unspecified atom stereocenters. The molecule has 90 valence electrons. The second kappa shape index (κ2) is 5.73. The summed E-state index contributed by atoms with van der Waals surface area (Å²) in [6.45, 7) is 9.17. The molecule has 1 aromatic carbocycles. The second-order valence-electron chi connectivity index (χ2n) is 5.67. The van der Waals surface area contributed by atoms with Crippen LogP contribution in [0.25, 0.3) is 6.08 Å². The molecule has 0 amide bonds. The van der Waals surface area contributed by atoms with Crippen LogP contribution in [0.4, 0.5) is 0 Å². The highest BCUT2D eigenvalue weighted by Crippen LogP contribution is 2.29. The lowest BCUT2D eigenvalue weighted by Gasteiger charge is -2.27. The van der Waals surface area contributed by atoms with Gasteiger partial charge in [-0.2, -0.15) is 0 Å². The number of hydrogen-bond donors (Lipinski definition) is 0. The zero-order chi connectivity index (χ0) is 12.9. The molecule has 0 aliphatic rings. The van der Waals surface area contributed by atoms with Gasteiger partial charge in [-0.15, -0.1) is 6.42 Å². The molecule has 0 fully saturated rings. The number of hydrogen-bond acceptors (Lipinski definition) is 0. The molecule has 0 N–H and O–H groups in total. The Morgan fingerprint density at radius 1 is 1.29 bits per heavy atom. The molecule has 1 rings (SSSR count). The fraction of sp³-hybridized carbons (Fsp3) is 0.412. The van der Waals surface area contributed by atoms with Crippen LogP contribution in [-0.4, -0.2) is 0 Å². The van der Waals surface area contributed by atoms with Crippen molar-refractivity contribution < 1.29 is 0 Å². The van der Waals surface area contributed by atoms with E-state index < -0.39 is 0 Å². The van der Waals surface area contributed by atoms with E-state index in [0.29, 0.717) is 11.3 Å². The molecule has 17 heavy (non-hydrogen) atoms. The zero-order valence-electron chi connectivity index (χ0n) is 11.3. The summed E-state index contributed by atoms with van der Waals surface area (Å²) in [6, 6.07) is 8.47. The SMILES string of the molecule is C#C/C=C\c1ccccc1CC(C)C(C)(C)C. The van der Waals surface area contributed by atoms with E-state index in [4.69, 9.17) is 6.42 Å². The fourth-order valence-corrected chi connectivity index (χ4v) is 1.66. The topological polar surface area (TPSA) is 0 Å². The van der Waals surface area contributed by atoms with E-state index in [1.807, 2.05) is 6.08 Å². The third-order valence-corrected chi connectivity index (χ3v) is 3.42. The van der Waals surface area contributed by atoms with Gasteiger partial charge in [0.15, 0.2) is 0 Å². The monoisotopic (exact) mass is 226 g/mol. The lowest BCUT2D eigenvalue weighted by atomic mass is 9.78. The maximum Gasteiger partial charge on any atom is -0.0116 e. The predicted octanol–water partition coefficient (Wildman–Crippen LogP) is 4.56. The van der Waals surface area contributed by atoms with Gasteiger partial charge in [0.25, 0.3) is 0 Å². The van der Waals surface area contributed by atoms with Gasteiger partial charge in [-0.3, -0.25) is 0 Å². The largest absolute Gasteiger partial charge is 0.115 e. The van der Waals surface area contributed by atoms with E-state index in [9.17, 15) is 0 Å². The van der Waals surface area contributed by atoms with Crippen LogP contribution in [0, 0.1) is 23.7 Å². The van der Waals surface area contributed by atoms with Crippen molar-refractivity contribution in [3.05, 3.63) is 41.5 Å². The van der Waals surface area contributed by atoms with Gasteiger partial charge in [0.1, 0.15) is 0 Å². The van der Waals surface area contributed by atoms with E-state index >= 15 is 0 Å². The quantitative estimate of drug-likeness (QED) is 0.663. The zero-order valence-corrected chi connectivity index (χ0v) is 11.3. The molecule has 0 saturated carbocycles. The van der Waals surface area contributed by atoms with Gasteiger partial charge in [-0.05, 0) is 41.0 Å². The van der Waals surface area contributed by atoms with E-state index in [0.717, 1.165) is 6.42 Å². The maximum atomic E-state index is 5.26. The van der Waals surface area contributed by atoms with Crippen molar-refractivity contribution in [1.29, 1.82) is 0 Å². The number of rotatable bonds is 3. The molecule has 0 heterocycles. The van der Waals surface area contributed by atoms with Gasteiger partial charge in [-0.1, -0.05) is 57.9 Å². The fourth-order valence-electron chi connectivity index (χ4n) is 1.66. The molecular formula is C17H22. The Hall–Kier alpha value is -1.48. The van der Waals surface area contributed by atoms with Crippen molar-refractivity contribution in [2.24, 2.45) is 11.3 Å². The van der Waals surface area contributed by atoms with Crippen molar-refractivity contribution in [2.75, 3.05) is 0 Å². The molecule has 1 atom stereocenters. The summed E-state index contributed by atoms with van der Waals surface area (Å²) in [4.78, 5) is 0. The standard InChI is InChI=1S/C17H22/c1-6-7-10-15-11-8-9-12-16(15)13-14(2)17(3,4)5/h1,7-12,14H,13H2,2-5H3/b10-7-. The molecule has 1 aromatic rings. The molecule has 0 spiro atoms. The molecule has 0 aromatic heterocycles. The Morgan fingerprint density at radius 2 is 1.94 bits per heavy atom. The van der Waals surface area contributed by atoms with Crippen LogP contribution >= 0.6 is 0 Å². The first-order valence-corrected chi connectivity index (χ1v) is 6.15. The number of allylic oxidation sites excluding steroid dienone is 1. The van der Waals surface area contributed by atoms with Crippen LogP contribution in [0.2, 0.25) is 0 Å². The highest BCUT2D eigenvalue weighted by atomic mass is 14.3. The van der Waals surface area contributed by atoms with Gasteiger partial charge < -0.3 is 0 Å². The summed E-state index contributed by atoms with van der Waals surface area (Å²) < 4.78 is 0. The van der Waals surface area contributed by atoms with Crippen molar-refractivity contribution in [3.8, 4) is 12.3 Å². The first-order chi connectivity index (χ1) is 7.95. The number of terminal acetylenes is 1. The van der Waals surface area contributed by atoms with Gasteiger partial charge in [0.2, 0.25) is 0 Å². The van der Waals surface area contributed by atoms with Crippen molar-refractivity contribution in [1.82, 2.24) is 0 Å². The van der Waals surface area contributed by atoms with Crippen LogP contribution in [0.15, 0.2) is 30.3 Å². The minimum atomic E-state index is 0.336. The number of benzene rings is 1. The highest BCUT2D eigenvalue weighted by Gasteiger charge is 2.20. The average Bonchev–Trinajstić information content (AvgIpc) is 2.26. The molecule has 0 aliphatic heterocycles. The van der Waals surface area contributed by atoms with Crippen LogP contribution in [-0.2, 0) is 6.42 Å². The third-order valence-electron chi connectivity index (χ3n) is 3.42. The second-order valence-corrected chi connectivity index (χ2v) is 5.67. The van der Waals surface area contributed by atoms with E-state index in [1.54, 1.807) is 6.08 Å². The van der Waals surface area contributed by atoms with Crippen LogP contribution in [0.1, 0.15) is 38.8 Å². The first kappa shape index (κ1) is 13.6. The van der Waals surface area contributed by atoms with E-state index in [2.05, 4.69) is 57.9 Å². The van der Waals surface area contributed by atoms with Crippen molar-refractivity contribution in [2.45, 2.75) is 34.1 Å². The molecular weight excluding hydrogens is 204 g/mol. The molecule has 0 heteroatoms. The summed E-state index contributed by atoms with van der Waals surface area (Å²) in [5.74, 6) is 3.19. The van der Waals surface area contributed by atoms with Crippen molar-refractivity contribution in [3.63, 3.8) is 0 Å². The normalized spacial score (nSPS) is 13.6. The van der Waals surface area contributed by atoms with Gasteiger partial charge >= 0.3 is 0 Å². The Bertz CT molecular complexity index is 424. The summed E-state index contributed by atoms with van der Waals surface area (Å²) in [7, 11) is 0. The molecule has 0 saturated heterocycles. The Kier molecular flexibility index (Phi) is 4.58. The summed E-state index contributed by atoms with van der Waals surface area (Å²) in [6.07, 6.45) is 10.1. The molecule has 0 aliphatic carbocycles. The lowest BCUT2D eigenvalue weighted by Crippen LogP contribution is -2.19. The summed E-state index contributed by atoms with van der Waals surface area (Å²) in [5.41, 5.74) is 2.95. The predicted molar refractivity (Wildman–Crippen MR) is 76.6 cm³/mol. The van der Waals surface area contributed by atoms with E-state index in [-0.39, 0.29) is 0 Å². The Morgan fingerprint density at radius 3 is 2.53 bits per heavy atom. The van der Waals surface area contributed by atoms with Gasteiger partial charge in [-0.25, -0.2) is 0 Å². The maximum absolute atomic E-state index is 5.26. The third kappa shape index (κ3) is 4.11. The highest BCUT2D eigenvalue weighted by molar-refractivity contribution is 5.56. The first-order valence-electron chi connectivity index (χ1n) is 6.15. The van der Waals surface area contributed by atoms with Crippen molar-refractivity contribution >= 4 is 6.08 Å². The minimum Gasteiger partial charge on any atom is -0.115 e. The molecule has 0 bridgehead atoms. The summed E-state index contributed by atoms with van der Waals surface area (Å²) in [5, 5.41) is 0. The summed E-state index contributed by atoms with van der Waals surface area (Å²) >= 11 is 0. The Balaban J connectivity index is 2.92. The Labute approximate surface area is 106 Å². The van der Waals surface area contributed by atoms with Gasteiger partial charge in [0, 0.05) is 0 Å². The van der Waals surface area contributed by atoms with Crippen LogP contribution in [0.5, 0.6) is 0 Å².